The average Bonchev–Trinajstić information content (AvgIpc) is 3.16. The van der Waals surface area contributed by atoms with Crippen LogP contribution in [0, 0.1) is 0 Å². The van der Waals surface area contributed by atoms with E-state index in [1.165, 1.54) is 0 Å². The van der Waals surface area contributed by atoms with Gasteiger partial charge in [0.2, 0.25) is 5.88 Å². The summed E-state index contributed by atoms with van der Waals surface area (Å²) < 4.78 is 7.18. The number of rotatable bonds is 6. The SMILES string of the molecule is CCOc1ncccc1CNC(=O)Nc1cccc(-n2cccn2)c1. The van der Waals surface area contributed by atoms with Gasteiger partial charge in [-0.1, -0.05) is 12.1 Å². The van der Waals surface area contributed by atoms with Gasteiger partial charge < -0.3 is 15.4 Å². The van der Waals surface area contributed by atoms with Crippen molar-refractivity contribution in [3.8, 4) is 11.6 Å². The lowest BCUT2D eigenvalue weighted by atomic mass is 10.2. The van der Waals surface area contributed by atoms with Crippen molar-refractivity contribution in [3.05, 3.63) is 66.6 Å². The number of carbonyl (C=O) groups is 1. The highest BCUT2D eigenvalue weighted by Gasteiger charge is 2.07. The smallest absolute Gasteiger partial charge is 0.319 e. The van der Waals surface area contributed by atoms with Crippen molar-refractivity contribution < 1.29 is 9.53 Å². The first-order chi connectivity index (χ1) is 12.3. The molecule has 2 heterocycles. The Hall–Kier alpha value is -3.35. The Balaban J connectivity index is 1.61. The maximum Gasteiger partial charge on any atom is 0.319 e. The summed E-state index contributed by atoms with van der Waals surface area (Å²) in [6, 6.07) is 12.7. The molecule has 128 valence electrons. The predicted octanol–water partition coefficient (Wildman–Crippen LogP) is 2.99. The zero-order valence-corrected chi connectivity index (χ0v) is 13.8. The van der Waals surface area contributed by atoms with E-state index in [9.17, 15) is 4.79 Å². The third-order valence-corrected chi connectivity index (χ3v) is 3.44. The minimum Gasteiger partial charge on any atom is -0.478 e. The first-order valence-electron chi connectivity index (χ1n) is 7.98. The molecule has 7 heteroatoms. The van der Waals surface area contributed by atoms with Crippen LogP contribution in [-0.4, -0.2) is 27.4 Å². The van der Waals surface area contributed by atoms with Gasteiger partial charge in [0.05, 0.1) is 12.3 Å². The number of urea groups is 1. The summed E-state index contributed by atoms with van der Waals surface area (Å²) in [5.74, 6) is 0.533. The number of ether oxygens (including phenoxy) is 1. The highest BCUT2D eigenvalue weighted by molar-refractivity contribution is 5.89. The molecule has 0 fully saturated rings. The number of nitrogens with zero attached hydrogens (tertiary/aromatic N) is 3. The van der Waals surface area contributed by atoms with Crippen molar-refractivity contribution >= 4 is 11.7 Å². The van der Waals surface area contributed by atoms with Gasteiger partial charge in [0.15, 0.2) is 0 Å². The third-order valence-electron chi connectivity index (χ3n) is 3.44. The molecule has 0 radical (unpaired) electrons. The molecule has 2 N–H and O–H groups in total. The quantitative estimate of drug-likeness (QED) is 0.724. The largest absolute Gasteiger partial charge is 0.478 e. The minimum absolute atomic E-state index is 0.302. The number of hydrogen-bond donors (Lipinski definition) is 2. The van der Waals surface area contributed by atoms with E-state index in [0.29, 0.717) is 24.7 Å². The average molecular weight is 337 g/mol. The summed E-state index contributed by atoms with van der Waals surface area (Å²) in [6.45, 7) is 2.75. The lowest BCUT2D eigenvalue weighted by Gasteiger charge is -2.11. The lowest BCUT2D eigenvalue weighted by Crippen LogP contribution is -2.28. The van der Waals surface area contributed by atoms with Gasteiger partial charge in [-0.05, 0) is 37.3 Å². The summed E-state index contributed by atoms with van der Waals surface area (Å²) in [5.41, 5.74) is 2.38. The number of anilines is 1. The van der Waals surface area contributed by atoms with E-state index >= 15 is 0 Å². The molecule has 0 bridgehead atoms. The van der Waals surface area contributed by atoms with Crippen LogP contribution in [0.1, 0.15) is 12.5 Å². The van der Waals surface area contributed by atoms with Gasteiger partial charge in [0.1, 0.15) is 0 Å². The van der Waals surface area contributed by atoms with E-state index in [4.69, 9.17) is 4.74 Å². The molecule has 1 aromatic carbocycles. The van der Waals surface area contributed by atoms with E-state index in [2.05, 4.69) is 20.7 Å². The molecule has 2 aromatic heterocycles. The maximum absolute atomic E-state index is 12.1. The molecule has 0 saturated heterocycles. The lowest BCUT2D eigenvalue weighted by molar-refractivity contribution is 0.251. The molecule has 3 aromatic rings. The first kappa shape index (κ1) is 16.5. The number of carbonyl (C=O) groups excluding carboxylic acids is 1. The standard InChI is InChI=1S/C18H19N5O2/c1-2-25-17-14(6-4-9-19-17)13-20-18(24)22-15-7-3-8-16(12-15)23-11-5-10-21-23/h3-12H,2,13H2,1H3,(H2,20,22,24). The Morgan fingerprint density at radius 3 is 2.92 bits per heavy atom. The van der Waals surface area contributed by atoms with Crippen LogP contribution < -0.4 is 15.4 Å². The molecule has 0 atom stereocenters. The van der Waals surface area contributed by atoms with E-state index < -0.39 is 0 Å². The van der Waals surface area contributed by atoms with Crippen molar-refractivity contribution in [2.45, 2.75) is 13.5 Å². The van der Waals surface area contributed by atoms with Gasteiger partial charge in [-0.25, -0.2) is 14.5 Å². The van der Waals surface area contributed by atoms with Gasteiger partial charge in [-0.3, -0.25) is 0 Å². The maximum atomic E-state index is 12.1. The normalized spacial score (nSPS) is 10.3. The van der Waals surface area contributed by atoms with Crippen LogP contribution >= 0.6 is 0 Å². The Labute approximate surface area is 145 Å². The zero-order valence-electron chi connectivity index (χ0n) is 13.8. The van der Waals surface area contributed by atoms with Crippen molar-refractivity contribution in [1.82, 2.24) is 20.1 Å². The monoisotopic (exact) mass is 337 g/mol. The summed E-state index contributed by atoms with van der Waals surface area (Å²) in [7, 11) is 0. The minimum atomic E-state index is -0.302. The fourth-order valence-electron chi connectivity index (χ4n) is 2.32. The molecule has 0 saturated carbocycles. The molecule has 0 aliphatic rings. The first-order valence-corrected chi connectivity index (χ1v) is 7.98. The van der Waals surface area contributed by atoms with Crippen LogP contribution in [0.15, 0.2) is 61.1 Å². The second-order valence-electron chi connectivity index (χ2n) is 5.21. The Bertz CT molecular complexity index is 833. The van der Waals surface area contributed by atoms with E-state index in [0.717, 1.165) is 11.3 Å². The predicted molar refractivity (Wildman–Crippen MR) is 94.8 cm³/mol. The van der Waals surface area contributed by atoms with Gasteiger partial charge >= 0.3 is 6.03 Å². The molecule has 25 heavy (non-hydrogen) atoms. The molecule has 0 aliphatic heterocycles. The Morgan fingerprint density at radius 1 is 1.20 bits per heavy atom. The summed E-state index contributed by atoms with van der Waals surface area (Å²) in [4.78, 5) is 16.3. The zero-order chi connectivity index (χ0) is 17.5. The van der Waals surface area contributed by atoms with Crippen molar-refractivity contribution in [2.75, 3.05) is 11.9 Å². The molecular weight excluding hydrogens is 318 g/mol. The number of hydrogen-bond acceptors (Lipinski definition) is 4. The molecule has 0 spiro atoms. The summed E-state index contributed by atoms with van der Waals surface area (Å²) in [6.07, 6.45) is 5.21. The van der Waals surface area contributed by atoms with Gasteiger partial charge in [-0.15, -0.1) is 0 Å². The van der Waals surface area contributed by atoms with Gasteiger partial charge in [0.25, 0.3) is 0 Å². The number of amides is 2. The second-order valence-corrected chi connectivity index (χ2v) is 5.21. The Kier molecular flexibility index (Phi) is 5.26. The summed E-state index contributed by atoms with van der Waals surface area (Å²) >= 11 is 0. The molecule has 0 unspecified atom stereocenters. The van der Waals surface area contributed by atoms with Crippen LogP contribution in [0.25, 0.3) is 5.69 Å². The molecule has 2 amide bonds. The van der Waals surface area contributed by atoms with Crippen molar-refractivity contribution in [2.24, 2.45) is 0 Å². The number of aromatic nitrogens is 3. The van der Waals surface area contributed by atoms with E-state index in [1.807, 2.05) is 55.6 Å². The van der Waals surface area contributed by atoms with Crippen LogP contribution in [0.4, 0.5) is 10.5 Å². The number of pyridine rings is 1. The second kappa shape index (κ2) is 7.96. The van der Waals surface area contributed by atoms with Crippen LogP contribution in [-0.2, 0) is 6.54 Å². The highest BCUT2D eigenvalue weighted by Crippen LogP contribution is 2.15. The van der Waals surface area contributed by atoms with Crippen molar-refractivity contribution in [3.63, 3.8) is 0 Å². The topological polar surface area (TPSA) is 81.1 Å². The Morgan fingerprint density at radius 2 is 2.12 bits per heavy atom. The summed E-state index contributed by atoms with van der Waals surface area (Å²) in [5, 5.41) is 9.80. The fraction of sp³-hybridized carbons (Fsp3) is 0.167. The van der Waals surface area contributed by atoms with Gasteiger partial charge in [0, 0.05) is 36.4 Å². The van der Waals surface area contributed by atoms with Crippen LogP contribution in [0.2, 0.25) is 0 Å². The van der Waals surface area contributed by atoms with Crippen molar-refractivity contribution in [1.29, 1.82) is 0 Å². The number of nitrogens with one attached hydrogen (secondary N) is 2. The van der Waals surface area contributed by atoms with E-state index in [1.54, 1.807) is 17.1 Å². The van der Waals surface area contributed by atoms with Crippen LogP contribution in [0.5, 0.6) is 5.88 Å². The van der Waals surface area contributed by atoms with Crippen LogP contribution in [0.3, 0.4) is 0 Å². The molecule has 3 rings (SSSR count). The molecule has 0 aliphatic carbocycles. The van der Waals surface area contributed by atoms with E-state index in [-0.39, 0.29) is 6.03 Å². The fourth-order valence-corrected chi connectivity index (χ4v) is 2.32. The molecule has 7 nitrogen and oxygen atoms in total. The highest BCUT2D eigenvalue weighted by atomic mass is 16.5. The van der Waals surface area contributed by atoms with Gasteiger partial charge in [-0.2, -0.15) is 5.10 Å². The molecular formula is C18H19N5O2. The number of benzene rings is 1. The third kappa shape index (κ3) is 4.35.